The number of piperidine rings is 1. The van der Waals surface area contributed by atoms with E-state index in [1.165, 1.54) is 10.4 Å². The van der Waals surface area contributed by atoms with Gasteiger partial charge in [0.05, 0.1) is 9.92 Å². The molecule has 1 heterocycles. The number of alkyl halides is 2. The Hall–Kier alpha value is -0.960. The predicted octanol–water partition coefficient (Wildman–Crippen LogP) is 2.30. The number of rotatable bonds is 5. The van der Waals surface area contributed by atoms with Crippen molar-refractivity contribution in [2.75, 3.05) is 19.6 Å². The minimum absolute atomic E-state index is 0.0446. The molecule has 0 aliphatic carbocycles. The van der Waals surface area contributed by atoms with Crippen LogP contribution in [0.1, 0.15) is 12.8 Å². The lowest BCUT2D eigenvalue weighted by molar-refractivity contribution is -0.0498. The summed E-state index contributed by atoms with van der Waals surface area (Å²) in [6.07, 6.45) is 1.63. The van der Waals surface area contributed by atoms with Crippen LogP contribution < -0.4 is 10.5 Å². The molecule has 1 aliphatic heterocycles. The summed E-state index contributed by atoms with van der Waals surface area (Å²) in [5.74, 6) is -0.130. The highest BCUT2D eigenvalue weighted by molar-refractivity contribution is 7.89. The van der Waals surface area contributed by atoms with Gasteiger partial charge in [-0.1, -0.05) is 11.6 Å². The van der Waals surface area contributed by atoms with Crippen molar-refractivity contribution in [3.8, 4) is 5.75 Å². The second kappa shape index (κ2) is 7.08. The topological polar surface area (TPSA) is 72.6 Å². The van der Waals surface area contributed by atoms with Gasteiger partial charge in [-0.15, -0.1) is 0 Å². The lowest BCUT2D eigenvalue weighted by atomic mass is 10.0. The maximum Gasteiger partial charge on any atom is 0.387 e. The van der Waals surface area contributed by atoms with Gasteiger partial charge in [-0.3, -0.25) is 0 Å². The number of sulfonamides is 1. The molecule has 9 heteroatoms. The Balaban J connectivity index is 2.24. The molecule has 2 rings (SSSR count). The third-order valence-corrected chi connectivity index (χ3v) is 5.73. The van der Waals surface area contributed by atoms with Crippen molar-refractivity contribution in [2.24, 2.45) is 11.7 Å². The molecule has 22 heavy (non-hydrogen) atoms. The van der Waals surface area contributed by atoms with Crippen LogP contribution in [-0.4, -0.2) is 39.0 Å². The largest absolute Gasteiger partial charge is 0.433 e. The van der Waals surface area contributed by atoms with Crippen LogP contribution in [0.4, 0.5) is 8.78 Å². The van der Waals surface area contributed by atoms with Crippen molar-refractivity contribution in [3.05, 3.63) is 23.2 Å². The highest BCUT2D eigenvalue weighted by Gasteiger charge is 2.30. The molecule has 1 fully saturated rings. The number of hydrogen-bond acceptors (Lipinski definition) is 4. The summed E-state index contributed by atoms with van der Waals surface area (Å²) >= 11 is 5.81. The maximum atomic E-state index is 12.6. The summed E-state index contributed by atoms with van der Waals surface area (Å²) in [7, 11) is -3.72. The van der Waals surface area contributed by atoms with Gasteiger partial charge in [-0.05, 0) is 43.5 Å². The fraction of sp³-hybridized carbons (Fsp3) is 0.538. The first-order valence-electron chi connectivity index (χ1n) is 6.79. The van der Waals surface area contributed by atoms with Crippen molar-refractivity contribution >= 4 is 21.6 Å². The molecule has 1 aromatic carbocycles. The average Bonchev–Trinajstić information content (AvgIpc) is 2.49. The first kappa shape index (κ1) is 17.4. The second-order valence-corrected chi connectivity index (χ2v) is 7.42. The SMILES string of the molecule is NCC1CCCN(S(=O)(=O)c2ccc(OC(F)F)c(Cl)c2)C1. The summed E-state index contributed by atoms with van der Waals surface area (Å²) in [6, 6.07) is 3.47. The third-order valence-electron chi connectivity index (χ3n) is 3.57. The Kier molecular flexibility index (Phi) is 5.60. The molecule has 0 aromatic heterocycles. The molecule has 0 bridgehead atoms. The summed E-state index contributed by atoms with van der Waals surface area (Å²) in [5, 5.41) is -0.172. The van der Waals surface area contributed by atoms with Crippen molar-refractivity contribution < 1.29 is 21.9 Å². The molecule has 0 saturated carbocycles. The Bertz CT molecular complexity index is 628. The molecule has 0 radical (unpaired) electrons. The molecule has 1 aromatic rings. The Labute approximate surface area is 133 Å². The fourth-order valence-electron chi connectivity index (χ4n) is 2.42. The van der Waals surface area contributed by atoms with Crippen LogP contribution in [0.3, 0.4) is 0 Å². The van der Waals surface area contributed by atoms with Crippen molar-refractivity contribution in [1.82, 2.24) is 4.31 Å². The lowest BCUT2D eigenvalue weighted by Crippen LogP contribution is -2.41. The number of nitrogens with two attached hydrogens (primary N) is 1. The normalized spacial score (nSPS) is 20.3. The molecule has 5 nitrogen and oxygen atoms in total. The Morgan fingerprint density at radius 3 is 2.77 bits per heavy atom. The van der Waals surface area contributed by atoms with Crippen molar-refractivity contribution in [1.29, 1.82) is 0 Å². The number of halogens is 3. The fourth-order valence-corrected chi connectivity index (χ4v) is 4.29. The predicted molar refractivity (Wildman–Crippen MR) is 78.6 cm³/mol. The zero-order chi connectivity index (χ0) is 16.3. The molecule has 1 unspecified atom stereocenters. The van der Waals surface area contributed by atoms with Gasteiger partial charge < -0.3 is 10.5 Å². The zero-order valence-electron chi connectivity index (χ0n) is 11.7. The zero-order valence-corrected chi connectivity index (χ0v) is 13.3. The van der Waals surface area contributed by atoms with Crippen LogP contribution in [-0.2, 0) is 10.0 Å². The van der Waals surface area contributed by atoms with Crippen LogP contribution >= 0.6 is 11.6 Å². The smallest absolute Gasteiger partial charge is 0.387 e. The number of ether oxygens (including phenoxy) is 1. The number of nitrogens with zero attached hydrogens (tertiary/aromatic N) is 1. The molecular formula is C13H17ClF2N2O3S. The van der Waals surface area contributed by atoms with Gasteiger partial charge in [0, 0.05) is 13.1 Å². The van der Waals surface area contributed by atoms with E-state index >= 15 is 0 Å². The Morgan fingerprint density at radius 1 is 1.45 bits per heavy atom. The van der Waals surface area contributed by atoms with Crippen LogP contribution in [0.5, 0.6) is 5.75 Å². The summed E-state index contributed by atoms with van der Waals surface area (Å²) in [4.78, 5) is -0.0446. The van der Waals surface area contributed by atoms with Crippen molar-refractivity contribution in [3.63, 3.8) is 0 Å². The molecular weight excluding hydrogens is 338 g/mol. The molecule has 2 N–H and O–H groups in total. The first-order valence-corrected chi connectivity index (χ1v) is 8.61. The minimum atomic E-state index is -3.72. The maximum absolute atomic E-state index is 12.6. The summed E-state index contributed by atoms with van der Waals surface area (Å²) in [6.45, 7) is -1.84. The van der Waals surface area contributed by atoms with Gasteiger partial charge in [-0.2, -0.15) is 13.1 Å². The molecule has 1 atom stereocenters. The summed E-state index contributed by atoms with van der Waals surface area (Å²) in [5.41, 5.74) is 5.61. The van der Waals surface area contributed by atoms with E-state index in [1.807, 2.05) is 0 Å². The lowest BCUT2D eigenvalue weighted by Gasteiger charge is -2.31. The van der Waals surface area contributed by atoms with E-state index in [0.29, 0.717) is 19.6 Å². The monoisotopic (exact) mass is 354 g/mol. The van der Waals surface area contributed by atoms with E-state index in [9.17, 15) is 17.2 Å². The van der Waals surface area contributed by atoms with E-state index in [2.05, 4.69) is 4.74 Å². The van der Waals surface area contributed by atoms with Crippen LogP contribution in [0.25, 0.3) is 0 Å². The van der Waals surface area contributed by atoms with Gasteiger partial charge in [0.1, 0.15) is 5.75 Å². The minimum Gasteiger partial charge on any atom is -0.433 e. The van der Waals surface area contributed by atoms with Gasteiger partial charge in [0.2, 0.25) is 10.0 Å². The molecule has 0 amide bonds. The van der Waals surface area contributed by atoms with E-state index in [-0.39, 0.29) is 21.6 Å². The van der Waals surface area contributed by atoms with Crippen LogP contribution in [0.15, 0.2) is 23.1 Å². The molecule has 0 spiro atoms. The van der Waals surface area contributed by atoms with Gasteiger partial charge in [0.15, 0.2) is 0 Å². The van der Waals surface area contributed by atoms with Crippen molar-refractivity contribution in [2.45, 2.75) is 24.3 Å². The molecule has 1 saturated heterocycles. The quantitative estimate of drug-likeness (QED) is 0.880. The Morgan fingerprint density at radius 2 is 2.18 bits per heavy atom. The van der Waals surface area contributed by atoms with E-state index in [4.69, 9.17) is 17.3 Å². The number of benzene rings is 1. The summed E-state index contributed by atoms with van der Waals surface area (Å²) < 4.78 is 55.1. The second-order valence-electron chi connectivity index (χ2n) is 5.08. The van der Waals surface area contributed by atoms with Crippen LogP contribution in [0, 0.1) is 5.92 Å². The van der Waals surface area contributed by atoms with E-state index in [1.54, 1.807) is 0 Å². The standard InChI is InChI=1S/C13H17ClF2N2O3S/c14-11-6-10(3-4-12(11)21-13(15)16)22(19,20)18-5-1-2-9(7-17)8-18/h3-4,6,9,13H,1-2,5,7-8,17H2. The van der Waals surface area contributed by atoms with E-state index in [0.717, 1.165) is 25.0 Å². The third kappa shape index (κ3) is 3.87. The first-order chi connectivity index (χ1) is 10.3. The van der Waals surface area contributed by atoms with E-state index < -0.39 is 16.6 Å². The van der Waals surface area contributed by atoms with Gasteiger partial charge >= 0.3 is 6.61 Å². The molecule has 124 valence electrons. The average molecular weight is 355 g/mol. The highest BCUT2D eigenvalue weighted by Crippen LogP contribution is 2.31. The van der Waals surface area contributed by atoms with Gasteiger partial charge in [-0.25, -0.2) is 8.42 Å². The molecule has 1 aliphatic rings. The number of hydrogen-bond donors (Lipinski definition) is 1. The highest BCUT2D eigenvalue weighted by atomic mass is 35.5. The van der Waals surface area contributed by atoms with Gasteiger partial charge in [0.25, 0.3) is 0 Å². The van der Waals surface area contributed by atoms with Crippen LogP contribution in [0.2, 0.25) is 5.02 Å².